The second-order valence-corrected chi connectivity index (χ2v) is 6.33. The molecule has 0 spiro atoms. The molecule has 162 valence electrons. The normalized spacial score (nSPS) is 13.7. The summed E-state index contributed by atoms with van der Waals surface area (Å²) < 4.78 is 15.9. The first-order chi connectivity index (χ1) is 14.3. The molecular formula is C20H24N2O8. The van der Waals surface area contributed by atoms with Crippen molar-refractivity contribution in [3.8, 4) is 11.5 Å². The highest BCUT2D eigenvalue weighted by Crippen LogP contribution is 2.25. The summed E-state index contributed by atoms with van der Waals surface area (Å²) in [5.41, 5.74) is 1.09. The topological polar surface area (TPSA) is 130 Å². The molecule has 2 heterocycles. The van der Waals surface area contributed by atoms with Gasteiger partial charge in [0.2, 0.25) is 0 Å². The molecule has 3 rings (SSSR count). The molecule has 1 aliphatic heterocycles. The van der Waals surface area contributed by atoms with E-state index in [0.29, 0.717) is 18.8 Å². The van der Waals surface area contributed by atoms with Crippen LogP contribution < -0.4 is 9.47 Å². The second kappa shape index (κ2) is 10.9. The first-order valence-electron chi connectivity index (χ1n) is 9.08. The number of aliphatic carboxylic acids is 2. The summed E-state index contributed by atoms with van der Waals surface area (Å²) in [6.45, 7) is 3.76. The van der Waals surface area contributed by atoms with Crippen LogP contribution in [-0.2, 0) is 16.1 Å². The van der Waals surface area contributed by atoms with Gasteiger partial charge in [-0.1, -0.05) is 0 Å². The van der Waals surface area contributed by atoms with Gasteiger partial charge in [0.25, 0.3) is 5.91 Å². The lowest BCUT2D eigenvalue weighted by Gasteiger charge is -2.34. The van der Waals surface area contributed by atoms with Gasteiger partial charge in [-0.2, -0.15) is 0 Å². The third-order valence-electron chi connectivity index (χ3n) is 4.46. The van der Waals surface area contributed by atoms with Crippen LogP contribution in [0.15, 0.2) is 41.0 Å². The van der Waals surface area contributed by atoms with Crippen molar-refractivity contribution in [1.82, 2.24) is 9.80 Å². The van der Waals surface area contributed by atoms with Crippen LogP contribution in [0.4, 0.5) is 0 Å². The van der Waals surface area contributed by atoms with Crippen molar-refractivity contribution in [2.24, 2.45) is 0 Å². The molecule has 1 fully saturated rings. The van der Waals surface area contributed by atoms with Gasteiger partial charge in [-0.15, -0.1) is 0 Å². The predicted octanol–water partition coefficient (Wildman–Crippen LogP) is 1.41. The minimum absolute atomic E-state index is 0.0430. The quantitative estimate of drug-likeness (QED) is 0.690. The van der Waals surface area contributed by atoms with Crippen molar-refractivity contribution in [3.05, 3.63) is 47.9 Å². The van der Waals surface area contributed by atoms with Crippen molar-refractivity contribution in [3.63, 3.8) is 0 Å². The number of furan rings is 1. The molecule has 30 heavy (non-hydrogen) atoms. The van der Waals surface area contributed by atoms with Crippen molar-refractivity contribution in [2.75, 3.05) is 40.4 Å². The van der Waals surface area contributed by atoms with Crippen LogP contribution in [0, 0.1) is 0 Å². The van der Waals surface area contributed by atoms with Gasteiger partial charge in [0.05, 0.1) is 20.5 Å². The van der Waals surface area contributed by atoms with Crippen molar-refractivity contribution < 1.29 is 38.5 Å². The van der Waals surface area contributed by atoms with E-state index in [2.05, 4.69) is 4.90 Å². The van der Waals surface area contributed by atoms with E-state index < -0.39 is 11.9 Å². The maximum Gasteiger partial charge on any atom is 0.414 e. The summed E-state index contributed by atoms with van der Waals surface area (Å²) in [5, 5.41) is 14.8. The van der Waals surface area contributed by atoms with Crippen LogP contribution in [0.3, 0.4) is 0 Å². The smallest absolute Gasteiger partial charge is 0.414 e. The van der Waals surface area contributed by atoms with E-state index in [4.69, 9.17) is 33.7 Å². The summed E-state index contributed by atoms with van der Waals surface area (Å²) >= 11 is 0. The van der Waals surface area contributed by atoms with Crippen molar-refractivity contribution in [2.45, 2.75) is 6.54 Å². The third kappa shape index (κ3) is 6.24. The Morgan fingerprint density at radius 2 is 1.67 bits per heavy atom. The van der Waals surface area contributed by atoms with E-state index in [9.17, 15) is 4.79 Å². The fourth-order valence-corrected chi connectivity index (χ4v) is 2.91. The minimum Gasteiger partial charge on any atom is -0.497 e. The van der Waals surface area contributed by atoms with Crippen LogP contribution in [0.5, 0.6) is 11.5 Å². The summed E-state index contributed by atoms with van der Waals surface area (Å²) in [4.78, 5) is 34.6. The molecule has 0 unspecified atom stereocenters. The molecule has 10 heteroatoms. The number of carbonyl (C=O) groups is 3. The van der Waals surface area contributed by atoms with Crippen LogP contribution in [0.2, 0.25) is 0 Å². The maximum absolute atomic E-state index is 12.3. The number of methoxy groups -OCH3 is 2. The number of hydrogen-bond acceptors (Lipinski definition) is 7. The van der Waals surface area contributed by atoms with Gasteiger partial charge < -0.3 is 29.0 Å². The summed E-state index contributed by atoms with van der Waals surface area (Å²) in [6, 6.07) is 9.25. The van der Waals surface area contributed by atoms with Gasteiger partial charge >= 0.3 is 11.9 Å². The Morgan fingerprint density at radius 1 is 1.00 bits per heavy atom. The molecule has 0 aliphatic carbocycles. The highest BCUT2D eigenvalue weighted by Gasteiger charge is 2.24. The average molecular weight is 420 g/mol. The fraction of sp³-hybridized carbons (Fsp3) is 0.350. The number of nitrogens with zero attached hydrogens (tertiary/aromatic N) is 2. The molecule has 1 saturated heterocycles. The van der Waals surface area contributed by atoms with Gasteiger partial charge in [-0.05, 0) is 30.3 Å². The van der Waals surface area contributed by atoms with E-state index >= 15 is 0 Å². The monoisotopic (exact) mass is 420 g/mol. The lowest BCUT2D eigenvalue weighted by atomic mass is 10.1. The summed E-state index contributed by atoms with van der Waals surface area (Å²) in [6.07, 6.45) is 1.53. The summed E-state index contributed by atoms with van der Waals surface area (Å²) in [7, 11) is 3.33. The second-order valence-electron chi connectivity index (χ2n) is 6.33. The number of carboxylic acids is 2. The Hall–Kier alpha value is -3.53. The van der Waals surface area contributed by atoms with E-state index in [-0.39, 0.29) is 5.91 Å². The molecule has 0 radical (unpaired) electrons. The molecule has 2 aromatic rings. The number of piperazine rings is 1. The summed E-state index contributed by atoms with van der Waals surface area (Å²) in [5.74, 6) is -1.62. The van der Waals surface area contributed by atoms with E-state index in [1.807, 2.05) is 23.1 Å². The number of carboxylic acid groups (broad SMARTS) is 2. The molecule has 1 amide bonds. The van der Waals surface area contributed by atoms with Gasteiger partial charge in [-0.3, -0.25) is 9.69 Å². The SMILES string of the molecule is COc1ccc(OC)c(CN2CCN(C(=O)c3ccco3)CC2)c1.O=C(O)C(=O)O. The molecule has 1 aliphatic rings. The largest absolute Gasteiger partial charge is 0.497 e. The van der Waals surface area contributed by atoms with Gasteiger partial charge in [0.15, 0.2) is 5.76 Å². The van der Waals surface area contributed by atoms with Crippen LogP contribution in [-0.4, -0.2) is 78.3 Å². The number of rotatable bonds is 5. The van der Waals surface area contributed by atoms with Gasteiger partial charge in [0, 0.05) is 38.3 Å². The zero-order valence-corrected chi connectivity index (χ0v) is 16.7. The zero-order valence-electron chi connectivity index (χ0n) is 16.7. The van der Waals surface area contributed by atoms with E-state index in [1.165, 1.54) is 6.26 Å². The van der Waals surface area contributed by atoms with Crippen LogP contribution in [0.25, 0.3) is 0 Å². The van der Waals surface area contributed by atoms with Crippen molar-refractivity contribution in [1.29, 1.82) is 0 Å². The number of ether oxygens (including phenoxy) is 2. The highest BCUT2D eigenvalue weighted by atomic mass is 16.5. The minimum atomic E-state index is -1.82. The Morgan fingerprint density at radius 3 is 2.17 bits per heavy atom. The molecular weight excluding hydrogens is 396 g/mol. The van der Waals surface area contributed by atoms with Gasteiger partial charge in [0.1, 0.15) is 11.5 Å². The number of benzene rings is 1. The number of carbonyl (C=O) groups excluding carboxylic acids is 1. The average Bonchev–Trinajstić information content (AvgIpc) is 3.29. The lowest BCUT2D eigenvalue weighted by molar-refractivity contribution is -0.159. The molecule has 0 bridgehead atoms. The molecule has 0 atom stereocenters. The predicted molar refractivity (Wildman–Crippen MR) is 105 cm³/mol. The molecule has 1 aromatic carbocycles. The standard InChI is InChI=1S/C18H22N2O4.C2H2O4/c1-22-15-5-6-16(23-2)14(12-15)13-19-7-9-20(10-8-19)18(21)17-4-3-11-24-17;3-1(4)2(5)6/h3-6,11-12H,7-10,13H2,1-2H3;(H,3,4)(H,5,6). The first kappa shape index (κ1) is 22.8. The fourth-order valence-electron chi connectivity index (χ4n) is 2.91. The van der Waals surface area contributed by atoms with E-state index in [0.717, 1.165) is 36.7 Å². The van der Waals surface area contributed by atoms with Gasteiger partial charge in [-0.25, -0.2) is 9.59 Å². The Kier molecular flexibility index (Phi) is 8.24. The Balaban J connectivity index is 0.000000469. The first-order valence-corrected chi connectivity index (χ1v) is 9.08. The third-order valence-corrected chi connectivity index (χ3v) is 4.46. The number of amides is 1. The van der Waals surface area contributed by atoms with Crippen LogP contribution >= 0.6 is 0 Å². The molecule has 10 nitrogen and oxygen atoms in total. The molecule has 0 saturated carbocycles. The molecule has 2 N–H and O–H groups in total. The molecule has 1 aromatic heterocycles. The lowest BCUT2D eigenvalue weighted by Crippen LogP contribution is -2.48. The number of hydrogen-bond donors (Lipinski definition) is 2. The highest BCUT2D eigenvalue weighted by molar-refractivity contribution is 6.27. The van der Waals surface area contributed by atoms with Crippen molar-refractivity contribution >= 4 is 17.8 Å². The Bertz CT molecular complexity index is 846. The zero-order chi connectivity index (χ0) is 22.1. The Labute approximate surface area is 173 Å². The maximum atomic E-state index is 12.3. The van der Waals surface area contributed by atoms with Crippen LogP contribution in [0.1, 0.15) is 16.1 Å². The van der Waals surface area contributed by atoms with E-state index in [1.54, 1.807) is 26.4 Å².